The Morgan fingerprint density at radius 1 is 0.969 bits per heavy atom. The summed E-state index contributed by atoms with van der Waals surface area (Å²) in [4.78, 5) is 23.7. The van der Waals surface area contributed by atoms with Gasteiger partial charge in [-0.25, -0.2) is 19.9 Å². The van der Waals surface area contributed by atoms with E-state index < -0.39 is 0 Å². The topological polar surface area (TPSA) is 106 Å². The predicted molar refractivity (Wildman–Crippen MR) is 125 cm³/mol. The van der Waals surface area contributed by atoms with E-state index in [-0.39, 0.29) is 0 Å². The lowest BCUT2D eigenvalue weighted by atomic mass is 9.99. The maximum absolute atomic E-state index is 6.27. The Morgan fingerprint density at radius 3 is 2.69 bits per heavy atom. The lowest BCUT2D eigenvalue weighted by Gasteiger charge is -2.27. The van der Waals surface area contributed by atoms with Crippen molar-refractivity contribution in [2.75, 3.05) is 36.9 Å². The zero-order valence-electron chi connectivity index (χ0n) is 17.3. The largest absolute Gasteiger partial charge is 0.383 e. The van der Waals surface area contributed by atoms with Crippen LogP contribution in [0.4, 0.5) is 11.6 Å². The van der Waals surface area contributed by atoms with E-state index in [1.54, 1.807) is 0 Å². The van der Waals surface area contributed by atoms with Crippen molar-refractivity contribution in [2.45, 2.75) is 0 Å². The van der Waals surface area contributed by atoms with E-state index in [1.165, 1.54) is 6.33 Å². The van der Waals surface area contributed by atoms with Crippen LogP contribution in [0.5, 0.6) is 0 Å². The molecule has 8 heteroatoms. The molecule has 0 bridgehead atoms. The minimum absolute atomic E-state index is 0.412. The highest BCUT2D eigenvalue weighted by Gasteiger charge is 2.17. The Kier molecular flexibility index (Phi) is 4.43. The SMILES string of the molecule is Nc1ncnc2nc(-c3ccc(N4CCOCC4)nc3)cc(-c3c[nH]c4ccccc34)c12. The number of hydrogen-bond donors (Lipinski definition) is 2. The third kappa shape index (κ3) is 3.12. The number of nitrogens with zero attached hydrogens (tertiary/aromatic N) is 5. The number of H-pyrrole nitrogens is 1. The summed E-state index contributed by atoms with van der Waals surface area (Å²) in [5, 5.41) is 1.86. The Hall–Kier alpha value is -4.04. The fourth-order valence-corrected chi connectivity index (χ4v) is 4.26. The van der Waals surface area contributed by atoms with Crippen molar-refractivity contribution >= 4 is 33.6 Å². The second kappa shape index (κ2) is 7.58. The number of anilines is 2. The highest BCUT2D eigenvalue weighted by molar-refractivity contribution is 6.07. The van der Waals surface area contributed by atoms with Gasteiger partial charge in [-0.1, -0.05) is 18.2 Å². The van der Waals surface area contributed by atoms with Crippen LogP contribution < -0.4 is 10.6 Å². The normalized spacial score (nSPS) is 14.3. The van der Waals surface area contributed by atoms with Gasteiger partial charge in [0.25, 0.3) is 0 Å². The molecule has 8 nitrogen and oxygen atoms in total. The van der Waals surface area contributed by atoms with E-state index >= 15 is 0 Å². The van der Waals surface area contributed by atoms with Crippen LogP contribution in [0.1, 0.15) is 0 Å². The second-order valence-corrected chi connectivity index (χ2v) is 7.77. The van der Waals surface area contributed by atoms with Crippen LogP contribution in [-0.2, 0) is 4.74 Å². The summed E-state index contributed by atoms with van der Waals surface area (Å²) in [5.74, 6) is 1.36. The molecule has 5 aromatic rings. The van der Waals surface area contributed by atoms with Gasteiger partial charge in [0.15, 0.2) is 5.65 Å². The van der Waals surface area contributed by atoms with Crippen LogP contribution in [0, 0.1) is 0 Å². The number of aromatic nitrogens is 5. The summed E-state index contributed by atoms with van der Waals surface area (Å²) < 4.78 is 5.44. The van der Waals surface area contributed by atoms with Gasteiger partial charge in [-0.3, -0.25) is 0 Å². The van der Waals surface area contributed by atoms with Crippen molar-refractivity contribution in [2.24, 2.45) is 0 Å². The summed E-state index contributed by atoms with van der Waals surface area (Å²) in [6, 6.07) is 14.3. The first kappa shape index (κ1) is 18.7. The van der Waals surface area contributed by atoms with Crippen LogP contribution in [0.2, 0.25) is 0 Å². The van der Waals surface area contributed by atoms with Crippen molar-refractivity contribution < 1.29 is 4.74 Å². The van der Waals surface area contributed by atoms with Crippen LogP contribution >= 0.6 is 0 Å². The number of hydrogen-bond acceptors (Lipinski definition) is 7. The van der Waals surface area contributed by atoms with Gasteiger partial charge in [0.05, 0.1) is 24.3 Å². The zero-order chi connectivity index (χ0) is 21.5. The van der Waals surface area contributed by atoms with E-state index in [0.29, 0.717) is 11.5 Å². The number of aromatic amines is 1. The van der Waals surface area contributed by atoms with Crippen molar-refractivity contribution in [3.63, 3.8) is 0 Å². The molecule has 1 fully saturated rings. The number of pyridine rings is 2. The van der Waals surface area contributed by atoms with Gasteiger partial charge >= 0.3 is 0 Å². The van der Waals surface area contributed by atoms with Crippen LogP contribution in [0.15, 0.2) is 61.2 Å². The second-order valence-electron chi connectivity index (χ2n) is 7.77. The van der Waals surface area contributed by atoms with Crippen LogP contribution in [-0.4, -0.2) is 51.2 Å². The van der Waals surface area contributed by atoms with Gasteiger partial charge in [0, 0.05) is 53.1 Å². The maximum Gasteiger partial charge on any atom is 0.165 e. The van der Waals surface area contributed by atoms with Gasteiger partial charge in [-0.15, -0.1) is 0 Å². The fraction of sp³-hybridized carbons (Fsp3) is 0.167. The van der Waals surface area contributed by atoms with E-state index in [1.807, 2.05) is 36.7 Å². The molecule has 158 valence electrons. The van der Waals surface area contributed by atoms with Gasteiger partial charge < -0.3 is 20.4 Å². The molecule has 1 aliphatic heterocycles. The Bertz CT molecular complexity index is 1420. The average molecular weight is 423 g/mol. The first-order valence-electron chi connectivity index (χ1n) is 10.5. The molecule has 5 heterocycles. The van der Waals surface area contributed by atoms with Crippen molar-refractivity contribution in [1.82, 2.24) is 24.9 Å². The number of para-hydroxylation sites is 1. The predicted octanol–water partition coefficient (Wildman–Crippen LogP) is 3.65. The first-order valence-corrected chi connectivity index (χ1v) is 10.5. The van der Waals surface area contributed by atoms with Crippen molar-refractivity contribution in [3.8, 4) is 22.4 Å². The summed E-state index contributed by atoms with van der Waals surface area (Å²) in [5.41, 5.74) is 11.6. The molecule has 0 atom stereocenters. The molecule has 6 rings (SSSR count). The number of nitrogens with two attached hydrogens (primary N) is 1. The number of morpholine rings is 1. The molecule has 1 saturated heterocycles. The monoisotopic (exact) mass is 423 g/mol. The number of nitrogens with one attached hydrogen (secondary N) is 1. The van der Waals surface area contributed by atoms with E-state index in [0.717, 1.165) is 70.8 Å². The minimum atomic E-state index is 0.412. The highest BCUT2D eigenvalue weighted by atomic mass is 16.5. The standard InChI is InChI=1S/C24H21N7O/c25-23-22-17(18-13-26-19-4-2-1-3-16(18)19)11-20(30-24(22)29-14-28-23)15-5-6-21(27-12-15)31-7-9-32-10-8-31/h1-6,11-14,26H,7-10H2,(H2,25,28,29,30). The summed E-state index contributed by atoms with van der Waals surface area (Å²) >= 11 is 0. The third-order valence-electron chi connectivity index (χ3n) is 5.89. The fourth-order valence-electron chi connectivity index (χ4n) is 4.26. The quantitative estimate of drug-likeness (QED) is 0.456. The zero-order valence-corrected chi connectivity index (χ0v) is 17.3. The molecule has 3 N–H and O–H groups in total. The molecule has 1 aromatic carbocycles. The van der Waals surface area contributed by atoms with E-state index in [9.17, 15) is 0 Å². The van der Waals surface area contributed by atoms with Gasteiger partial charge in [0.1, 0.15) is 18.0 Å². The number of fused-ring (bicyclic) bond motifs is 2. The lowest BCUT2D eigenvalue weighted by Crippen LogP contribution is -2.36. The van der Waals surface area contributed by atoms with Crippen LogP contribution in [0.25, 0.3) is 44.3 Å². The average Bonchev–Trinajstić information content (AvgIpc) is 3.28. The van der Waals surface area contributed by atoms with Gasteiger partial charge in [-0.2, -0.15) is 0 Å². The van der Waals surface area contributed by atoms with Crippen molar-refractivity contribution in [3.05, 3.63) is 61.2 Å². The van der Waals surface area contributed by atoms with E-state index in [2.05, 4.69) is 43.0 Å². The highest BCUT2D eigenvalue weighted by Crippen LogP contribution is 2.37. The van der Waals surface area contributed by atoms with Crippen molar-refractivity contribution in [1.29, 1.82) is 0 Å². The molecule has 0 saturated carbocycles. The summed E-state index contributed by atoms with van der Waals surface area (Å²) in [6.07, 6.45) is 5.31. The van der Waals surface area contributed by atoms with Crippen LogP contribution in [0.3, 0.4) is 0 Å². The lowest BCUT2D eigenvalue weighted by molar-refractivity contribution is 0.122. The third-order valence-corrected chi connectivity index (χ3v) is 5.89. The van der Waals surface area contributed by atoms with Gasteiger partial charge in [-0.05, 0) is 24.3 Å². The molecule has 0 aliphatic carbocycles. The Morgan fingerprint density at radius 2 is 1.84 bits per heavy atom. The summed E-state index contributed by atoms with van der Waals surface area (Å²) in [7, 11) is 0. The molecular formula is C24H21N7O. The smallest absolute Gasteiger partial charge is 0.165 e. The minimum Gasteiger partial charge on any atom is -0.383 e. The molecule has 0 unspecified atom stereocenters. The molecular weight excluding hydrogens is 402 g/mol. The number of ether oxygens (including phenoxy) is 1. The maximum atomic E-state index is 6.27. The van der Waals surface area contributed by atoms with Gasteiger partial charge in [0.2, 0.25) is 0 Å². The molecule has 0 amide bonds. The van der Waals surface area contributed by atoms with E-state index in [4.69, 9.17) is 15.5 Å². The Labute approximate surface area is 184 Å². The molecule has 0 radical (unpaired) electrons. The molecule has 1 aliphatic rings. The molecule has 0 spiro atoms. The Balaban J connectivity index is 1.50. The number of nitrogen functional groups attached to an aromatic ring is 1. The molecule has 32 heavy (non-hydrogen) atoms. The molecule has 4 aromatic heterocycles. The summed E-state index contributed by atoms with van der Waals surface area (Å²) in [6.45, 7) is 3.15. The number of rotatable bonds is 3. The number of benzene rings is 1. The first-order chi connectivity index (χ1) is 15.8.